The maximum Gasteiger partial charge on any atom is 0.320 e. The third kappa shape index (κ3) is 2.71. The molecule has 0 aliphatic carbocycles. The van der Waals surface area contributed by atoms with Crippen molar-refractivity contribution in [3.05, 3.63) is 36.0 Å². The van der Waals surface area contributed by atoms with Crippen molar-refractivity contribution in [2.75, 3.05) is 6.54 Å². The number of aromatic amines is 1. The molecule has 0 saturated heterocycles. The summed E-state index contributed by atoms with van der Waals surface area (Å²) in [6, 6.07) is 7.68. The third-order valence-electron chi connectivity index (χ3n) is 3.17. The minimum absolute atomic E-state index is 0.449. The van der Waals surface area contributed by atoms with Crippen molar-refractivity contribution in [2.24, 2.45) is 0 Å². The average molecular weight is 246 g/mol. The summed E-state index contributed by atoms with van der Waals surface area (Å²) >= 11 is 0. The second-order valence-corrected chi connectivity index (χ2v) is 4.36. The molecule has 4 nitrogen and oxygen atoms in total. The Balaban J connectivity index is 1.96. The number of nitrogens with one attached hydrogen (secondary N) is 2. The van der Waals surface area contributed by atoms with Crippen molar-refractivity contribution < 1.29 is 9.90 Å². The summed E-state index contributed by atoms with van der Waals surface area (Å²) < 4.78 is 0. The van der Waals surface area contributed by atoms with Gasteiger partial charge in [0.1, 0.15) is 6.04 Å². The van der Waals surface area contributed by atoms with Crippen LogP contribution >= 0.6 is 0 Å². The lowest BCUT2D eigenvalue weighted by Crippen LogP contribution is -2.37. The van der Waals surface area contributed by atoms with Gasteiger partial charge < -0.3 is 15.4 Å². The van der Waals surface area contributed by atoms with E-state index in [1.165, 1.54) is 10.9 Å². The summed E-state index contributed by atoms with van der Waals surface area (Å²) in [7, 11) is 0. The van der Waals surface area contributed by atoms with Crippen molar-refractivity contribution in [1.29, 1.82) is 0 Å². The quantitative estimate of drug-likeness (QED) is 0.731. The zero-order valence-electron chi connectivity index (χ0n) is 10.4. The van der Waals surface area contributed by atoms with Gasteiger partial charge in [-0.25, -0.2) is 0 Å². The van der Waals surface area contributed by atoms with E-state index < -0.39 is 12.0 Å². The summed E-state index contributed by atoms with van der Waals surface area (Å²) in [6.07, 6.45) is 3.42. The zero-order valence-corrected chi connectivity index (χ0v) is 10.4. The largest absolute Gasteiger partial charge is 0.480 e. The average Bonchev–Trinajstić information content (AvgIpc) is 2.78. The number of carboxylic acid groups (broad SMARTS) is 1. The van der Waals surface area contributed by atoms with Gasteiger partial charge in [0.25, 0.3) is 0 Å². The van der Waals surface area contributed by atoms with Gasteiger partial charge in [-0.2, -0.15) is 0 Å². The van der Waals surface area contributed by atoms with Crippen LogP contribution in [0.15, 0.2) is 30.5 Å². The second-order valence-electron chi connectivity index (χ2n) is 4.36. The Morgan fingerprint density at radius 1 is 1.44 bits per heavy atom. The van der Waals surface area contributed by atoms with Gasteiger partial charge in [-0.05, 0) is 24.5 Å². The maximum absolute atomic E-state index is 10.9. The van der Waals surface area contributed by atoms with Gasteiger partial charge in [0.15, 0.2) is 0 Å². The van der Waals surface area contributed by atoms with Crippen molar-refractivity contribution in [2.45, 2.75) is 25.8 Å². The van der Waals surface area contributed by atoms with E-state index in [1.807, 2.05) is 31.3 Å². The van der Waals surface area contributed by atoms with Crippen LogP contribution in [0.2, 0.25) is 0 Å². The normalized spacial score (nSPS) is 12.7. The predicted molar refractivity (Wildman–Crippen MR) is 71.7 cm³/mol. The molecule has 1 aromatic heterocycles. The van der Waals surface area contributed by atoms with E-state index in [2.05, 4.69) is 16.4 Å². The number of carboxylic acids is 1. The summed E-state index contributed by atoms with van der Waals surface area (Å²) in [5, 5.41) is 13.2. The molecular weight excluding hydrogens is 228 g/mol. The van der Waals surface area contributed by atoms with E-state index in [0.29, 0.717) is 13.0 Å². The molecule has 0 saturated carbocycles. The summed E-state index contributed by atoms with van der Waals surface area (Å²) in [5.74, 6) is -0.781. The molecule has 0 aliphatic heterocycles. The van der Waals surface area contributed by atoms with E-state index in [4.69, 9.17) is 5.11 Å². The second kappa shape index (κ2) is 5.69. The first kappa shape index (κ1) is 12.6. The lowest BCUT2D eigenvalue weighted by molar-refractivity contribution is -0.139. The standard InChI is InChI=1S/C14H18N2O2/c1-2-12(14(17)18)15-8-7-10-9-16-13-6-4-3-5-11(10)13/h3-6,9,12,15-16H,2,7-8H2,1H3,(H,17,18). The third-order valence-corrected chi connectivity index (χ3v) is 3.17. The van der Waals surface area contributed by atoms with Crippen LogP contribution in [-0.2, 0) is 11.2 Å². The van der Waals surface area contributed by atoms with E-state index in [9.17, 15) is 4.79 Å². The van der Waals surface area contributed by atoms with Crippen LogP contribution < -0.4 is 5.32 Å². The maximum atomic E-state index is 10.9. The molecule has 1 aromatic carbocycles. The first-order valence-corrected chi connectivity index (χ1v) is 6.23. The SMILES string of the molecule is CCC(NCCc1c[nH]c2ccccc12)C(=O)O. The minimum Gasteiger partial charge on any atom is -0.480 e. The van der Waals surface area contributed by atoms with E-state index >= 15 is 0 Å². The number of benzene rings is 1. The molecule has 1 heterocycles. The highest BCUT2D eigenvalue weighted by Crippen LogP contribution is 2.17. The number of H-pyrrole nitrogens is 1. The Morgan fingerprint density at radius 2 is 2.22 bits per heavy atom. The molecule has 0 amide bonds. The Bertz CT molecular complexity index is 533. The Hall–Kier alpha value is -1.81. The molecule has 0 fully saturated rings. The van der Waals surface area contributed by atoms with Gasteiger partial charge >= 0.3 is 5.97 Å². The molecular formula is C14H18N2O2. The van der Waals surface area contributed by atoms with E-state index in [0.717, 1.165) is 11.9 Å². The molecule has 0 spiro atoms. The van der Waals surface area contributed by atoms with Gasteiger partial charge in [-0.1, -0.05) is 25.1 Å². The summed E-state index contributed by atoms with van der Waals surface area (Å²) in [5.41, 5.74) is 2.34. The number of hydrogen-bond donors (Lipinski definition) is 3. The highest BCUT2D eigenvalue weighted by atomic mass is 16.4. The molecule has 1 unspecified atom stereocenters. The molecule has 2 rings (SSSR count). The molecule has 0 radical (unpaired) electrons. The molecule has 3 N–H and O–H groups in total. The van der Waals surface area contributed by atoms with Crippen molar-refractivity contribution in [1.82, 2.24) is 10.3 Å². The van der Waals surface area contributed by atoms with Crippen molar-refractivity contribution >= 4 is 16.9 Å². The van der Waals surface area contributed by atoms with Gasteiger partial charge in [0.05, 0.1) is 0 Å². The first-order valence-electron chi connectivity index (χ1n) is 6.23. The Kier molecular flexibility index (Phi) is 3.99. The van der Waals surface area contributed by atoms with Gasteiger partial charge in [-0.15, -0.1) is 0 Å². The fraction of sp³-hybridized carbons (Fsp3) is 0.357. The predicted octanol–water partition coefficient (Wildman–Crippen LogP) is 2.16. The number of aromatic nitrogens is 1. The lowest BCUT2D eigenvalue weighted by atomic mass is 10.1. The first-order chi connectivity index (χ1) is 8.72. The smallest absolute Gasteiger partial charge is 0.320 e. The number of aliphatic carboxylic acids is 1. The molecule has 96 valence electrons. The summed E-state index contributed by atoms with van der Waals surface area (Å²) in [4.78, 5) is 14.1. The van der Waals surface area contributed by atoms with Gasteiger partial charge in [0, 0.05) is 23.6 Å². The number of para-hydroxylation sites is 1. The molecule has 4 heteroatoms. The van der Waals surface area contributed by atoms with Crippen LogP contribution in [0.3, 0.4) is 0 Å². The van der Waals surface area contributed by atoms with Crippen molar-refractivity contribution in [3.63, 3.8) is 0 Å². The topological polar surface area (TPSA) is 65.1 Å². The molecule has 0 bridgehead atoms. The lowest BCUT2D eigenvalue weighted by Gasteiger charge is -2.11. The molecule has 2 aromatic rings. The zero-order chi connectivity index (χ0) is 13.0. The Labute approximate surface area is 106 Å². The number of rotatable bonds is 6. The highest BCUT2D eigenvalue weighted by molar-refractivity contribution is 5.83. The number of fused-ring (bicyclic) bond motifs is 1. The molecule has 0 aliphatic rings. The monoisotopic (exact) mass is 246 g/mol. The molecule has 18 heavy (non-hydrogen) atoms. The van der Waals surface area contributed by atoms with Crippen LogP contribution in [-0.4, -0.2) is 28.6 Å². The van der Waals surface area contributed by atoms with Crippen LogP contribution in [0.4, 0.5) is 0 Å². The van der Waals surface area contributed by atoms with Crippen LogP contribution in [0.1, 0.15) is 18.9 Å². The van der Waals surface area contributed by atoms with Gasteiger partial charge in [0.2, 0.25) is 0 Å². The summed E-state index contributed by atoms with van der Waals surface area (Å²) in [6.45, 7) is 2.55. The number of hydrogen-bond acceptors (Lipinski definition) is 2. The fourth-order valence-corrected chi connectivity index (χ4v) is 2.13. The van der Waals surface area contributed by atoms with E-state index in [-0.39, 0.29) is 0 Å². The Morgan fingerprint density at radius 3 is 2.94 bits per heavy atom. The molecule has 1 atom stereocenters. The van der Waals surface area contributed by atoms with E-state index in [1.54, 1.807) is 0 Å². The highest BCUT2D eigenvalue weighted by Gasteiger charge is 2.13. The fourth-order valence-electron chi connectivity index (χ4n) is 2.13. The van der Waals surface area contributed by atoms with Crippen LogP contribution in [0, 0.1) is 0 Å². The van der Waals surface area contributed by atoms with Crippen LogP contribution in [0.25, 0.3) is 10.9 Å². The number of carbonyl (C=O) groups is 1. The van der Waals surface area contributed by atoms with Gasteiger partial charge in [-0.3, -0.25) is 4.79 Å². The van der Waals surface area contributed by atoms with Crippen LogP contribution in [0.5, 0.6) is 0 Å². The minimum atomic E-state index is -0.781. The van der Waals surface area contributed by atoms with Crippen molar-refractivity contribution in [3.8, 4) is 0 Å².